The van der Waals surface area contributed by atoms with Gasteiger partial charge < -0.3 is 0 Å². The van der Waals surface area contributed by atoms with Crippen molar-refractivity contribution in [1.29, 1.82) is 0 Å². The summed E-state index contributed by atoms with van der Waals surface area (Å²) in [6.07, 6.45) is -1.55. The van der Waals surface area contributed by atoms with Gasteiger partial charge in [0.25, 0.3) is 11.1 Å². The van der Waals surface area contributed by atoms with E-state index in [2.05, 4.69) is 9.82 Å². The third-order valence-corrected chi connectivity index (χ3v) is 6.74. The average Bonchev–Trinajstić information content (AvgIpc) is 3.29. The number of imide groups is 1. The molecule has 0 saturated carbocycles. The van der Waals surface area contributed by atoms with Crippen molar-refractivity contribution < 1.29 is 31.2 Å². The number of hydrogen-bond donors (Lipinski definition) is 2. The fourth-order valence-electron chi connectivity index (χ4n) is 3.53. The van der Waals surface area contributed by atoms with Crippen LogP contribution in [0.3, 0.4) is 0 Å². The van der Waals surface area contributed by atoms with Crippen molar-refractivity contribution in [3.05, 3.63) is 69.2 Å². The summed E-state index contributed by atoms with van der Waals surface area (Å²) >= 11 is 6.48. The molecule has 1 N–H and O–H groups in total. The third kappa shape index (κ3) is 5.69. The Labute approximate surface area is 207 Å². The van der Waals surface area contributed by atoms with Gasteiger partial charge in [-0.3, -0.25) is 19.2 Å². The summed E-state index contributed by atoms with van der Waals surface area (Å²) in [6, 6.07) is 8.60. The van der Waals surface area contributed by atoms with Gasteiger partial charge in [-0.05, 0) is 53.2 Å². The Bertz CT molecular complexity index is 1430. The van der Waals surface area contributed by atoms with E-state index < -0.39 is 33.8 Å². The summed E-state index contributed by atoms with van der Waals surface area (Å²) < 4.78 is 65.0. The number of amides is 2. The zero-order chi connectivity index (χ0) is 25.3. The van der Waals surface area contributed by atoms with Gasteiger partial charge in [-0.25, -0.2) is 13.1 Å². The SMILES string of the molecule is O=C1SC(=Cc2ccc3c(cnn3Cc3ccc(Cl)cc3C(F)(F)F)c2)C(=O)N1CCN[SH](=O)=O. The normalized spacial score (nSPS) is 15.8. The van der Waals surface area contributed by atoms with E-state index in [-0.39, 0.29) is 35.1 Å². The van der Waals surface area contributed by atoms with E-state index in [0.29, 0.717) is 16.5 Å². The van der Waals surface area contributed by atoms with Crippen LogP contribution in [0.4, 0.5) is 18.0 Å². The molecule has 14 heteroatoms. The highest BCUT2D eigenvalue weighted by Crippen LogP contribution is 2.35. The highest BCUT2D eigenvalue weighted by Gasteiger charge is 2.35. The van der Waals surface area contributed by atoms with Crippen LogP contribution >= 0.6 is 23.4 Å². The number of carbonyl (C=O) groups excluding carboxylic acids is 2. The Morgan fingerprint density at radius 2 is 1.91 bits per heavy atom. The first-order valence-electron chi connectivity index (χ1n) is 9.97. The molecule has 3 aromatic rings. The van der Waals surface area contributed by atoms with Gasteiger partial charge in [-0.15, -0.1) is 0 Å². The van der Waals surface area contributed by atoms with Gasteiger partial charge in [0.05, 0.1) is 28.7 Å². The average molecular weight is 545 g/mol. The van der Waals surface area contributed by atoms with Gasteiger partial charge in [0, 0.05) is 23.5 Å². The number of nitrogens with one attached hydrogen (secondary N) is 1. The third-order valence-electron chi connectivity index (χ3n) is 5.11. The minimum atomic E-state index is -4.57. The monoisotopic (exact) mass is 544 g/mol. The lowest BCUT2D eigenvalue weighted by atomic mass is 10.1. The number of rotatable bonds is 7. The number of fused-ring (bicyclic) bond motifs is 1. The van der Waals surface area contributed by atoms with Gasteiger partial charge in [0.15, 0.2) is 0 Å². The zero-order valence-electron chi connectivity index (χ0n) is 17.6. The van der Waals surface area contributed by atoms with Crippen LogP contribution in [-0.2, 0) is 28.4 Å². The molecule has 35 heavy (non-hydrogen) atoms. The molecule has 2 aromatic carbocycles. The Balaban J connectivity index is 1.56. The first kappa shape index (κ1) is 25.2. The molecule has 4 rings (SSSR count). The first-order valence-corrected chi connectivity index (χ1v) is 12.3. The van der Waals surface area contributed by atoms with Gasteiger partial charge in [-0.1, -0.05) is 23.7 Å². The lowest BCUT2D eigenvalue weighted by Crippen LogP contribution is -2.34. The maximum Gasteiger partial charge on any atom is 0.416 e. The fraction of sp³-hybridized carbons (Fsp3) is 0.190. The second kappa shape index (κ2) is 10.0. The van der Waals surface area contributed by atoms with Crippen molar-refractivity contribution in [2.45, 2.75) is 12.7 Å². The highest BCUT2D eigenvalue weighted by atomic mass is 35.5. The lowest BCUT2D eigenvalue weighted by molar-refractivity contribution is -0.138. The van der Waals surface area contributed by atoms with Crippen LogP contribution in [0.1, 0.15) is 16.7 Å². The number of carbonyl (C=O) groups is 2. The van der Waals surface area contributed by atoms with E-state index >= 15 is 0 Å². The molecule has 1 saturated heterocycles. The smallest absolute Gasteiger partial charge is 0.268 e. The van der Waals surface area contributed by atoms with Gasteiger partial charge in [-0.2, -0.15) is 18.3 Å². The van der Waals surface area contributed by atoms with Crippen LogP contribution < -0.4 is 4.72 Å². The van der Waals surface area contributed by atoms with Gasteiger partial charge >= 0.3 is 6.18 Å². The number of halogens is 4. The molecule has 1 aliphatic heterocycles. The van der Waals surface area contributed by atoms with Crippen molar-refractivity contribution in [3.8, 4) is 0 Å². The Morgan fingerprint density at radius 1 is 1.14 bits per heavy atom. The summed E-state index contributed by atoms with van der Waals surface area (Å²) in [5, 5.41) is 4.30. The minimum Gasteiger partial charge on any atom is -0.268 e. The second-order valence-corrected chi connectivity index (χ2v) is 9.68. The van der Waals surface area contributed by atoms with Crippen LogP contribution in [0.2, 0.25) is 5.02 Å². The molecule has 1 fully saturated rings. The predicted molar refractivity (Wildman–Crippen MR) is 126 cm³/mol. The molecule has 0 radical (unpaired) electrons. The maximum atomic E-state index is 13.4. The number of benzene rings is 2. The molecular weight excluding hydrogens is 529 g/mol. The second-order valence-electron chi connectivity index (χ2n) is 7.42. The van der Waals surface area contributed by atoms with Gasteiger partial charge in [0.2, 0.25) is 10.9 Å². The molecule has 0 spiro atoms. The van der Waals surface area contributed by atoms with E-state index in [1.54, 1.807) is 18.2 Å². The zero-order valence-corrected chi connectivity index (χ0v) is 20.0. The molecule has 8 nitrogen and oxygen atoms in total. The summed E-state index contributed by atoms with van der Waals surface area (Å²) in [6.45, 7) is -0.308. The molecule has 0 unspecified atom stereocenters. The molecule has 0 atom stereocenters. The first-order chi connectivity index (χ1) is 16.5. The Hall–Kier alpha value is -2.87. The van der Waals surface area contributed by atoms with E-state index in [0.717, 1.165) is 22.7 Å². The highest BCUT2D eigenvalue weighted by molar-refractivity contribution is 8.18. The topological polar surface area (TPSA) is 101 Å². The standard InChI is InChI=1S/C21H16ClF3N4O4S2/c22-15-3-2-13(16(9-15)21(23,24)25)11-29-17-4-1-12(7-14(17)10-26-29)8-18-19(30)28(20(31)34-18)6-5-27-35(32)33/h1-4,7-10,35H,5-6,11H2,(H,27,32,33). The molecule has 1 aliphatic rings. The molecular formula is C21H16ClF3N4O4S2. The van der Waals surface area contributed by atoms with Crippen molar-refractivity contribution in [1.82, 2.24) is 19.4 Å². The summed E-state index contributed by atoms with van der Waals surface area (Å²) in [7, 11) is -2.83. The predicted octanol–water partition coefficient (Wildman–Crippen LogP) is 3.91. The number of aromatic nitrogens is 2. The van der Waals surface area contributed by atoms with Crippen LogP contribution in [0.25, 0.3) is 17.0 Å². The summed E-state index contributed by atoms with van der Waals surface area (Å²) in [5.41, 5.74) is 0.348. The Morgan fingerprint density at radius 3 is 2.63 bits per heavy atom. The molecule has 1 aromatic heterocycles. The number of thioether (sulfide) groups is 1. The quantitative estimate of drug-likeness (QED) is 0.345. The number of thiol groups is 1. The van der Waals surface area contributed by atoms with Crippen molar-refractivity contribution in [2.75, 3.05) is 13.1 Å². The van der Waals surface area contributed by atoms with Crippen LogP contribution in [0.5, 0.6) is 0 Å². The molecule has 184 valence electrons. The van der Waals surface area contributed by atoms with Gasteiger partial charge in [0.1, 0.15) is 0 Å². The number of nitrogens with zero attached hydrogens (tertiary/aromatic N) is 3. The molecule has 0 aliphatic carbocycles. The van der Waals surface area contributed by atoms with Crippen LogP contribution in [0, 0.1) is 0 Å². The van der Waals surface area contributed by atoms with Crippen LogP contribution in [0.15, 0.2) is 47.5 Å². The molecule has 0 bridgehead atoms. The number of hydrogen-bond acceptors (Lipinski definition) is 6. The van der Waals surface area contributed by atoms with E-state index in [1.807, 2.05) is 0 Å². The van der Waals surface area contributed by atoms with E-state index in [1.165, 1.54) is 29.1 Å². The summed E-state index contributed by atoms with van der Waals surface area (Å²) in [5.74, 6) is -0.541. The molecule has 2 amide bonds. The Kier molecular flexibility index (Phi) is 7.22. The van der Waals surface area contributed by atoms with Crippen molar-refractivity contribution in [3.63, 3.8) is 0 Å². The molecule has 2 heterocycles. The minimum absolute atomic E-state index is 0.0145. The van der Waals surface area contributed by atoms with Crippen molar-refractivity contribution in [2.24, 2.45) is 0 Å². The number of alkyl halides is 3. The van der Waals surface area contributed by atoms with Crippen LogP contribution in [-0.4, -0.2) is 47.3 Å². The van der Waals surface area contributed by atoms with E-state index in [9.17, 15) is 31.2 Å². The van der Waals surface area contributed by atoms with Crippen molar-refractivity contribution >= 4 is 62.4 Å². The fourth-order valence-corrected chi connectivity index (χ4v) is 4.85. The maximum absolute atomic E-state index is 13.4. The summed E-state index contributed by atoms with van der Waals surface area (Å²) in [4.78, 5) is 25.8. The van der Waals surface area contributed by atoms with E-state index in [4.69, 9.17) is 11.6 Å². The lowest BCUT2D eigenvalue weighted by Gasteiger charge is -2.14. The largest absolute Gasteiger partial charge is 0.416 e.